The Morgan fingerprint density at radius 1 is 1.04 bits per heavy atom. The van der Waals surface area contributed by atoms with Gasteiger partial charge in [0.25, 0.3) is 0 Å². The zero-order valence-electron chi connectivity index (χ0n) is 14.8. The zero-order valence-corrected chi connectivity index (χ0v) is 15.6. The number of nitrogens with one attached hydrogen (secondary N) is 1. The highest BCUT2D eigenvalue weighted by Gasteiger charge is 2.16. The van der Waals surface area contributed by atoms with Crippen molar-refractivity contribution in [3.05, 3.63) is 72.1 Å². The summed E-state index contributed by atoms with van der Waals surface area (Å²) in [4.78, 5) is 11.9. The molecule has 0 aliphatic rings. The van der Waals surface area contributed by atoms with E-state index in [2.05, 4.69) is 27.6 Å². The van der Waals surface area contributed by atoms with Crippen molar-refractivity contribution < 1.29 is 4.79 Å². The average molecular weight is 366 g/mol. The summed E-state index contributed by atoms with van der Waals surface area (Å²) in [6, 6.07) is 20.2. The van der Waals surface area contributed by atoms with Crippen LogP contribution in [0.1, 0.15) is 24.7 Å². The van der Waals surface area contributed by atoms with Gasteiger partial charge in [0.1, 0.15) is 5.82 Å². The van der Waals surface area contributed by atoms with Crippen LogP contribution in [-0.4, -0.2) is 33.0 Å². The fourth-order valence-electron chi connectivity index (χ4n) is 2.57. The second kappa shape index (κ2) is 9.20. The van der Waals surface area contributed by atoms with E-state index in [0.29, 0.717) is 18.7 Å². The minimum Gasteiger partial charge on any atom is -0.355 e. The molecule has 0 aliphatic carbocycles. The molecule has 134 valence electrons. The van der Waals surface area contributed by atoms with Crippen LogP contribution in [0.15, 0.2) is 65.8 Å². The van der Waals surface area contributed by atoms with Gasteiger partial charge in [-0.25, -0.2) is 0 Å². The molecule has 1 amide bonds. The molecule has 2 aromatic carbocycles. The number of amides is 1. The number of benzene rings is 2. The van der Waals surface area contributed by atoms with E-state index >= 15 is 0 Å². The fraction of sp³-hybridized carbons (Fsp3) is 0.250. The van der Waals surface area contributed by atoms with Crippen LogP contribution in [-0.2, 0) is 11.2 Å². The summed E-state index contributed by atoms with van der Waals surface area (Å²) in [7, 11) is 0. The number of carbonyl (C=O) groups is 1. The highest BCUT2D eigenvalue weighted by atomic mass is 32.2. The van der Waals surface area contributed by atoms with E-state index in [4.69, 9.17) is 0 Å². The van der Waals surface area contributed by atoms with Gasteiger partial charge in [0.05, 0.1) is 5.75 Å². The van der Waals surface area contributed by atoms with Crippen LogP contribution in [0.3, 0.4) is 0 Å². The Balaban J connectivity index is 1.84. The largest absolute Gasteiger partial charge is 0.355 e. The summed E-state index contributed by atoms with van der Waals surface area (Å²) in [6.07, 6.45) is 1.61. The van der Waals surface area contributed by atoms with Crippen molar-refractivity contribution >= 4 is 17.7 Å². The van der Waals surface area contributed by atoms with Gasteiger partial charge in [0.2, 0.25) is 5.91 Å². The van der Waals surface area contributed by atoms with Crippen molar-refractivity contribution in [3.63, 3.8) is 0 Å². The van der Waals surface area contributed by atoms with Gasteiger partial charge in [-0.2, -0.15) is 0 Å². The van der Waals surface area contributed by atoms with Crippen LogP contribution in [0, 0.1) is 0 Å². The molecule has 1 heterocycles. The van der Waals surface area contributed by atoms with Crippen molar-refractivity contribution in [2.45, 2.75) is 24.9 Å². The number of para-hydroxylation sites is 1. The lowest BCUT2D eigenvalue weighted by Gasteiger charge is -2.10. The number of thioether (sulfide) groups is 1. The Kier molecular flexibility index (Phi) is 6.44. The van der Waals surface area contributed by atoms with Crippen LogP contribution in [0.25, 0.3) is 5.69 Å². The number of carbonyl (C=O) groups excluding carboxylic acids is 1. The molecule has 0 saturated carbocycles. The fourth-order valence-corrected chi connectivity index (χ4v) is 3.37. The maximum atomic E-state index is 11.9. The Morgan fingerprint density at radius 3 is 2.42 bits per heavy atom. The highest BCUT2D eigenvalue weighted by Crippen LogP contribution is 2.23. The van der Waals surface area contributed by atoms with Gasteiger partial charge in [-0.15, -0.1) is 10.2 Å². The second-order valence-electron chi connectivity index (χ2n) is 5.87. The van der Waals surface area contributed by atoms with Gasteiger partial charge in [-0.05, 0) is 24.1 Å². The summed E-state index contributed by atoms with van der Waals surface area (Å²) >= 11 is 1.41. The minimum atomic E-state index is 0.0177. The van der Waals surface area contributed by atoms with Crippen LogP contribution in [0.5, 0.6) is 0 Å². The number of aromatic nitrogens is 3. The van der Waals surface area contributed by atoms with Gasteiger partial charge < -0.3 is 5.32 Å². The maximum Gasteiger partial charge on any atom is 0.230 e. The molecular weight excluding hydrogens is 344 g/mol. The van der Waals surface area contributed by atoms with Crippen molar-refractivity contribution in [2.24, 2.45) is 0 Å². The summed E-state index contributed by atoms with van der Waals surface area (Å²) in [5, 5.41) is 12.3. The van der Waals surface area contributed by atoms with E-state index in [-0.39, 0.29) is 5.91 Å². The molecule has 0 bridgehead atoms. The van der Waals surface area contributed by atoms with Crippen molar-refractivity contribution in [1.29, 1.82) is 0 Å². The zero-order chi connectivity index (χ0) is 18.2. The predicted molar refractivity (Wildman–Crippen MR) is 105 cm³/mol. The van der Waals surface area contributed by atoms with E-state index in [1.807, 2.05) is 60.0 Å². The minimum absolute atomic E-state index is 0.0177. The molecule has 0 fully saturated rings. The Labute approximate surface area is 157 Å². The van der Waals surface area contributed by atoms with Gasteiger partial charge in [-0.3, -0.25) is 9.36 Å². The molecule has 1 aromatic heterocycles. The first kappa shape index (κ1) is 18.2. The molecule has 0 atom stereocenters. The van der Waals surface area contributed by atoms with Crippen LogP contribution < -0.4 is 5.32 Å². The first-order chi connectivity index (χ1) is 12.8. The van der Waals surface area contributed by atoms with E-state index in [1.54, 1.807) is 0 Å². The maximum absolute atomic E-state index is 11.9. The average Bonchev–Trinajstić information content (AvgIpc) is 3.08. The summed E-state index contributed by atoms with van der Waals surface area (Å²) < 4.78 is 2.03. The van der Waals surface area contributed by atoms with Crippen molar-refractivity contribution in [3.8, 4) is 5.69 Å². The first-order valence-corrected chi connectivity index (χ1v) is 9.69. The SMILES string of the molecule is CCCNC(=O)CSc1nnc(Cc2ccccc2)n1-c1ccccc1. The lowest BCUT2D eigenvalue weighted by atomic mass is 10.1. The standard InChI is InChI=1S/C20H22N4OS/c1-2-13-21-19(25)15-26-20-23-22-18(14-16-9-5-3-6-10-16)24(20)17-11-7-4-8-12-17/h3-12H,2,13-15H2,1H3,(H,21,25). The molecular formula is C20H22N4OS. The molecule has 3 rings (SSSR count). The monoisotopic (exact) mass is 366 g/mol. The summed E-state index contributed by atoms with van der Waals surface area (Å²) in [6.45, 7) is 2.74. The van der Waals surface area contributed by atoms with Gasteiger partial charge in [-0.1, -0.05) is 67.2 Å². The Bertz CT molecular complexity index is 834. The quantitative estimate of drug-likeness (QED) is 0.620. The van der Waals surface area contributed by atoms with Crippen molar-refractivity contribution in [2.75, 3.05) is 12.3 Å². The molecule has 0 unspecified atom stereocenters. The molecule has 1 N–H and O–H groups in total. The highest BCUT2D eigenvalue weighted by molar-refractivity contribution is 7.99. The lowest BCUT2D eigenvalue weighted by Crippen LogP contribution is -2.25. The third-order valence-electron chi connectivity index (χ3n) is 3.82. The predicted octanol–water partition coefficient (Wildman–Crippen LogP) is 3.48. The number of hydrogen-bond donors (Lipinski definition) is 1. The first-order valence-electron chi connectivity index (χ1n) is 8.71. The van der Waals surface area contributed by atoms with E-state index < -0.39 is 0 Å². The molecule has 5 nitrogen and oxygen atoms in total. The second-order valence-corrected chi connectivity index (χ2v) is 6.81. The van der Waals surface area contributed by atoms with E-state index in [0.717, 1.165) is 23.1 Å². The number of nitrogens with zero attached hydrogens (tertiary/aromatic N) is 3. The molecule has 6 heteroatoms. The Morgan fingerprint density at radius 2 is 1.73 bits per heavy atom. The number of hydrogen-bond acceptors (Lipinski definition) is 4. The van der Waals surface area contributed by atoms with Crippen LogP contribution in [0.4, 0.5) is 0 Å². The molecule has 26 heavy (non-hydrogen) atoms. The number of rotatable bonds is 8. The van der Waals surface area contributed by atoms with Gasteiger partial charge in [0.15, 0.2) is 5.16 Å². The molecule has 3 aromatic rings. The summed E-state index contributed by atoms with van der Waals surface area (Å²) in [5.74, 6) is 1.21. The molecule has 0 radical (unpaired) electrons. The van der Waals surface area contributed by atoms with Gasteiger partial charge in [0, 0.05) is 18.7 Å². The van der Waals surface area contributed by atoms with E-state index in [9.17, 15) is 4.79 Å². The van der Waals surface area contributed by atoms with Gasteiger partial charge >= 0.3 is 0 Å². The van der Waals surface area contributed by atoms with Crippen molar-refractivity contribution in [1.82, 2.24) is 20.1 Å². The smallest absolute Gasteiger partial charge is 0.230 e. The van der Waals surface area contributed by atoms with Crippen LogP contribution in [0.2, 0.25) is 0 Å². The molecule has 0 aliphatic heterocycles. The normalized spacial score (nSPS) is 10.7. The van der Waals surface area contributed by atoms with Crippen LogP contribution >= 0.6 is 11.8 Å². The molecule has 0 saturated heterocycles. The third-order valence-corrected chi connectivity index (χ3v) is 4.75. The molecule has 0 spiro atoms. The lowest BCUT2D eigenvalue weighted by molar-refractivity contribution is -0.118. The topological polar surface area (TPSA) is 59.8 Å². The van der Waals surface area contributed by atoms with E-state index in [1.165, 1.54) is 17.3 Å². The Hall–Kier alpha value is -2.60. The summed E-state index contributed by atoms with van der Waals surface area (Å²) in [5.41, 5.74) is 2.18. The third kappa shape index (κ3) is 4.73.